The molecule has 2 heterocycles. The fraction of sp³-hybridized carbons (Fsp3) is 0.143. The topological polar surface area (TPSA) is 108 Å². The number of H-pyrrole nitrogens is 2. The van der Waals surface area contributed by atoms with Crippen LogP contribution < -0.4 is 0 Å². The van der Waals surface area contributed by atoms with Crippen molar-refractivity contribution in [3.8, 4) is 11.4 Å². The largest absolute Gasteiger partial charge is 0.481 e. The van der Waals surface area contributed by atoms with Gasteiger partial charge in [0, 0.05) is 6.20 Å². The summed E-state index contributed by atoms with van der Waals surface area (Å²) >= 11 is 1.06. The number of aliphatic carboxylic acids is 1. The first-order chi connectivity index (χ1) is 7.25. The molecular weight excluding hydrogens is 218 g/mol. The van der Waals surface area contributed by atoms with Gasteiger partial charge in [0.05, 0.1) is 17.5 Å². The van der Waals surface area contributed by atoms with E-state index in [1.54, 1.807) is 12.4 Å². The molecule has 2 aromatic heterocycles. The van der Waals surface area contributed by atoms with E-state index in [9.17, 15) is 4.79 Å². The molecule has 2 aromatic rings. The van der Waals surface area contributed by atoms with Gasteiger partial charge < -0.3 is 5.11 Å². The number of rotatable bonds is 4. The number of nitrogens with zero attached hydrogens (tertiary/aromatic N) is 3. The quantitative estimate of drug-likeness (QED) is 0.649. The molecule has 0 aliphatic carbocycles. The Hall–Kier alpha value is -1.83. The first-order valence-electron chi connectivity index (χ1n) is 4.02. The predicted octanol–water partition coefficient (Wildman–Crippen LogP) is 0.372. The molecule has 78 valence electrons. The number of hydrogen-bond donors (Lipinski definition) is 3. The first kappa shape index (κ1) is 9.71. The lowest BCUT2D eigenvalue weighted by molar-refractivity contribution is -0.133. The Labute approximate surface area is 88.3 Å². The number of aromatic amines is 2. The van der Waals surface area contributed by atoms with Gasteiger partial charge in [-0.05, 0) is 0 Å². The number of carboxylic acids is 1. The number of hydrogen-bond acceptors (Lipinski definition) is 5. The van der Waals surface area contributed by atoms with Crippen molar-refractivity contribution in [3.63, 3.8) is 0 Å². The summed E-state index contributed by atoms with van der Waals surface area (Å²) in [5, 5.41) is 21.9. The van der Waals surface area contributed by atoms with E-state index in [0.717, 1.165) is 17.3 Å². The lowest BCUT2D eigenvalue weighted by Crippen LogP contribution is -1.97. The zero-order chi connectivity index (χ0) is 10.7. The van der Waals surface area contributed by atoms with Gasteiger partial charge in [-0.3, -0.25) is 15.0 Å². The molecule has 0 radical (unpaired) electrons. The normalized spacial score (nSPS) is 10.4. The molecule has 3 N–H and O–H groups in total. The molecule has 0 aliphatic heterocycles. The smallest absolute Gasteiger partial charge is 0.313 e. The van der Waals surface area contributed by atoms with Crippen molar-refractivity contribution in [2.24, 2.45) is 0 Å². The van der Waals surface area contributed by atoms with Crippen molar-refractivity contribution in [2.75, 3.05) is 5.75 Å². The highest BCUT2D eigenvalue weighted by Gasteiger charge is 2.08. The highest BCUT2D eigenvalue weighted by molar-refractivity contribution is 7.99. The van der Waals surface area contributed by atoms with Crippen molar-refractivity contribution in [2.45, 2.75) is 5.16 Å². The molecule has 0 unspecified atom stereocenters. The molecule has 8 heteroatoms. The van der Waals surface area contributed by atoms with Crippen molar-refractivity contribution in [1.82, 2.24) is 25.4 Å². The van der Waals surface area contributed by atoms with Gasteiger partial charge in [-0.1, -0.05) is 11.8 Å². The summed E-state index contributed by atoms with van der Waals surface area (Å²) in [5.74, 6) is -0.380. The Morgan fingerprint density at radius 2 is 2.47 bits per heavy atom. The van der Waals surface area contributed by atoms with Crippen molar-refractivity contribution in [1.29, 1.82) is 0 Å². The van der Waals surface area contributed by atoms with Gasteiger partial charge in [-0.25, -0.2) is 4.98 Å². The minimum Gasteiger partial charge on any atom is -0.481 e. The SMILES string of the molecule is O=C(O)CSc1n[nH]c(-c2cn[nH]c2)n1. The predicted molar refractivity (Wildman–Crippen MR) is 52.3 cm³/mol. The molecule has 7 nitrogen and oxygen atoms in total. The van der Waals surface area contributed by atoms with E-state index in [-0.39, 0.29) is 5.75 Å². The fourth-order valence-corrected chi connectivity index (χ4v) is 1.47. The third-order valence-electron chi connectivity index (χ3n) is 1.56. The van der Waals surface area contributed by atoms with Crippen LogP contribution in [0.1, 0.15) is 0 Å². The van der Waals surface area contributed by atoms with Crippen LogP contribution >= 0.6 is 11.8 Å². The average Bonchev–Trinajstić information content (AvgIpc) is 2.85. The molecule has 0 bridgehead atoms. The van der Waals surface area contributed by atoms with Gasteiger partial charge in [0.25, 0.3) is 0 Å². The van der Waals surface area contributed by atoms with Crippen LogP contribution in [0.25, 0.3) is 11.4 Å². The second kappa shape index (κ2) is 4.13. The standard InChI is InChI=1S/C7H7N5O2S/c13-5(14)3-15-7-10-6(11-12-7)4-1-8-9-2-4/h1-2H,3H2,(H,8,9)(H,13,14)(H,10,11,12). The van der Waals surface area contributed by atoms with Gasteiger partial charge in [-0.15, -0.1) is 5.10 Å². The molecule has 0 saturated carbocycles. The van der Waals surface area contributed by atoms with Crippen molar-refractivity contribution < 1.29 is 9.90 Å². The van der Waals surface area contributed by atoms with Gasteiger partial charge in [0.15, 0.2) is 5.82 Å². The Kier molecular flexibility index (Phi) is 2.68. The monoisotopic (exact) mass is 225 g/mol. The highest BCUT2D eigenvalue weighted by atomic mass is 32.2. The average molecular weight is 225 g/mol. The maximum Gasteiger partial charge on any atom is 0.313 e. The van der Waals surface area contributed by atoms with E-state index < -0.39 is 5.97 Å². The summed E-state index contributed by atoms with van der Waals surface area (Å²) in [6, 6.07) is 0. The molecule has 0 saturated heterocycles. The number of carbonyl (C=O) groups is 1. The summed E-state index contributed by atoms with van der Waals surface area (Å²) in [4.78, 5) is 14.4. The molecule has 0 aromatic carbocycles. The number of carboxylic acid groups (broad SMARTS) is 1. The summed E-state index contributed by atoms with van der Waals surface area (Å²) in [6.07, 6.45) is 3.28. The lowest BCUT2D eigenvalue weighted by atomic mass is 10.3. The fourth-order valence-electron chi connectivity index (χ4n) is 0.947. The molecule has 0 amide bonds. The van der Waals surface area contributed by atoms with Crippen molar-refractivity contribution >= 4 is 17.7 Å². The van der Waals surface area contributed by atoms with Crippen molar-refractivity contribution in [3.05, 3.63) is 12.4 Å². The van der Waals surface area contributed by atoms with Crippen LogP contribution in [0.2, 0.25) is 0 Å². The Balaban J connectivity index is 2.08. The van der Waals surface area contributed by atoms with E-state index in [1.165, 1.54) is 0 Å². The van der Waals surface area contributed by atoms with Gasteiger partial charge in [-0.2, -0.15) is 5.10 Å². The summed E-state index contributed by atoms with van der Waals surface area (Å²) < 4.78 is 0. The van der Waals surface area contributed by atoms with E-state index in [4.69, 9.17) is 5.11 Å². The molecule has 0 atom stereocenters. The second-order valence-electron chi connectivity index (χ2n) is 2.64. The van der Waals surface area contributed by atoms with E-state index in [1.807, 2.05) is 0 Å². The van der Waals surface area contributed by atoms with Crippen LogP contribution in [0.4, 0.5) is 0 Å². The van der Waals surface area contributed by atoms with Gasteiger partial charge in [0.1, 0.15) is 0 Å². The zero-order valence-electron chi connectivity index (χ0n) is 7.47. The zero-order valence-corrected chi connectivity index (χ0v) is 8.28. The van der Waals surface area contributed by atoms with E-state index >= 15 is 0 Å². The number of thioether (sulfide) groups is 1. The first-order valence-corrected chi connectivity index (χ1v) is 5.00. The highest BCUT2D eigenvalue weighted by Crippen LogP contribution is 2.17. The molecule has 0 spiro atoms. The molecular formula is C7H7N5O2S. The second-order valence-corrected chi connectivity index (χ2v) is 3.58. The van der Waals surface area contributed by atoms with Crippen LogP contribution in [0, 0.1) is 0 Å². The molecule has 0 aliphatic rings. The number of aromatic nitrogens is 5. The van der Waals surface area contributed by atoms with Crippen LogP contribution in [-0.2, 0) is 4.79 Å². The van der Waals surface area contributed by atoms with Crippen LogP contribution in [0.15, 0.2) is 17.6 Å². The summed E-state index contributed by atoms with van der Waals surface area (Å²) in [5.41, 5.74) is 0.782. The van der Waals surface area contributed by atoms with E-state index in [2.05, 4.69) is 25.4 Å². The molecule has 2 rings (SSSR count). The van der Waals surface area contributed by atoms with E-state index in [0.29, 0.717) is 11.0 Å². The Bertz CT molecular complexity index is 452. The molecule has 15 heavy (non-hydrogen) atoms. The lowest BCUT2D eigenvalue weighted by Gasteiger charge is -1.88. The van der Waals surface area contributed by atoms with Crippen LogP contribution in [0.5, 0.6) is 0 Å². The van der Waals surface area contributed by atoms with Gasteiger partial charge in [0.2, 0.25) is 5.16 Å². The maximum atomic E-state index is 10.3. The summed E-state index contributed by atoms with van der Waals surface area (Å²) in [7, 11) is 0. The van der Waals surface area contributed by atoms with Crippen LogP contribution in [0.3, 0.4) is 0 Å². The summed E-state index contributed by atoms with van der Waals surface area (Å²) in [6.45, 7) is 0. The minimum atomic E-state index is -0.894. The van der Waals surface area contributed by atoms with Crippen LogP contribution in [-0.4, -0.2) is 42.2 Å². The van der Waals surface area contributed by atoms with Gasteiger partial charge >= 0.3 is 5.97 Å². The molecule has 0 fully saturated rings. The third-order valence-corrected chi connectivity index (χ3v) is 2.39. The number of nitrogens with one attached hydrogen (secondary N) is 2. The third kappa shape index (κ3) is 2.34. The minimum absolute atomic E-state index is 0.0529. The Morgan fingerprint density at radius 1 is 1.60 bits per heavy atom. The Morgan fingerprint density at radius 3 is 3.13 bits per heavy atom. The maximum absolute atomic E-state index is 10.3.